The van der Waals surface area contributed by atoms with Crippen molar-refractivity contribution in [2.45, 2.75) is 40.2 Å². The smallest absolute Gasteiger partial charge is 0.348 e. The van der Waals surface area contributed by atoms with Crippen molar-refractivity contribution in [2.24, 2.45) is 0 Å². The summed E-state index contributed by atoms with van der Waals surface area (Å²) in [5.41, 5.74) is 1.33. The number of hydrogen-bond donors (Lipinski definition) is 0. The molecular formula is C23H22N2O4S. The molecule has 0 saturated carbocycles. The molecule has 0 saturated heterocycles. The third-order valence-electron chi connectivity index (χ3n) is 4.12. The van der Waals surface area contributed by atoms with Crippen molar-refractivity contribution in [1.29, 1.82) is 10.5 Å². The number of nitriles is 2. The third kappa shape index (κ3) is 5.34. The molecule has 0 N–H and O–H groups in total. The minimum atomic E-state index is -0.522. The van der Waals surface area contributed by atoms with E-state index >= 15 is 0 Å². The van der Waals surface area contributed by atoms with Crippen LogP contribution in [-0.2, 0) is 16.0 Å². The number of allylic oxidation sites excluding steroid dienone is 1. The Hall–Kier alpha value is -3.42. The summed E-state index contributed by atoms with van der Waals surface area (Å²) in [6, 6.07) is 11.1. The summed E-state index contributed by atoms with van der Waals surface area (Å²) < 4.78 is 10.8. The summed E-state index contributed by atoms with van der Waals surface area (Å²) in [5, 5.41) is 19.0. The van der Waals surface area contributed by atoms with Crippen LogP contribution in [0.25, 0.3) is 6.08 Å². The first-order valence-electron chi connectivity index (χ1n) is 9.42. The molecule has 6 nitrogen and oxygen atoms in total. The van der Waals surface area contributed by atoms with Gasteiger partial charge in [0.15, 0.2) is 5.78 Å². The fraction of sp³-hybridized carbons (Fsp3) is 0.304. The monoisotopic (exact) mass is 422 g/mol. The highest BCUT2D eigenvalue weighted by Gasteiger charge is 2.23. The van der Waals surface area contributed by atoms with Crippen molar-refractivity contribution in [3.05, 3.63) is 56.3 Å². The molecule has 0 atom stereocenters. The van der Waals surface area contributed by atoms with Crippen LogP contribution >= 0.6 is 11.3 Å². The Kier molecular flexibility index (Phi) is 7.91. The van der Waals surface area contributed by atoms with Crippen molar-refractivity contribution in [3.8, 4) is 17.9 Å². The Labute approximate surface area is 180 Å². The molecule has 0 spiro atoms. The van der Waals surface area contributed by atoms with E-state index in [9.17, 15) is 20.1 Å². The Morgan fingerprint density at radius 3 is 2.53 bits per heavy atom. The molecule has 7 heteroatoms. The number of para-hydroxylation sites is 1. The van der Waals surface area contributed by atoms with Gasteiger partial charge in [0.05, 0.1) is 23.8 Å². The third-order valence-corrected chi connectivity index (χ3v) is 5.39. The zero-order chi connectivity index (χ0) is 22.3. The zero-order valence-electron chi connectivity index (χ0n) is 17.3. The lowest BCUT2D eigenvalue weighted by atomic mass is 10.0. The first-order chi connectivity index (χ1) is 14.3. The maximum atomic E-state index is 12.8. The van der Waals surface area contributed by atoms with Crippen LogP contribution in [0.2, 0.25) is 0 Å². The number of rotatable bonds is 8. The van der Waals surface area contributed by atoms with E-state index in [2.05, 4.69) is 6.07 Å². The molecule has 0 radical (unpaired) electrons. The van der Waals surface area contributed by atoms with Gasteiger partial charge >= 0.3 is 5.97 Å². The van der Waals surface area contributed by atoms with Gasteiger partial charge in [0.2, 0.25) is 0 Å². The van der Waals surface area contributed by atoms with Crippen LogP contribution in [0.15, 0.2) is 29.8 Å². The Bertz CT molecular complexity index is 1070. The Balaban J connectivity index is 2.36. The predicted octanol–water partition coefficient (Wildman–Crippen LogP) is 4.61. The van der Waals surface area contributed by atoms with Gasteiger partial charge in [-0.15, -0.1) is 11.3 Å². The summed E-state index contributed by atoms with van der Waals surface area (Å²) >= 11 is 1.05. The van der Waals surface area contributed by atoms with E-state index in [-0.39, 0.29) is 30.3 Å². The van der Waals surface area contributed by atoms with Gasteiger partial charge in [-0.25, -0.2) is 4.79 Å². The summed E-state index contributed by atoms with van der Waals surface area (Å²) in [6.07, 6.45) is 1.27. The lowest BCUT2D eigenvalue weighted by molar-refractivity contribution is -0.114. The molecule has 0 aliphatic rings. The minimum absolute atomic E-state index is 0.0533. The number of thiophene rings is 1. The predicted molar refractivity (Wildman–Crippen MR) is 114 cm³/mol. The number of Topliss-reactive ketones (excluding diaryl/α,β-unsaturated/α-hetero) is 1. The first kappa shape index (κ1) is 22.9. The van der Waals surface area contributed by atoms with Crippen molar-refractivity contribution in [1.82, 2.24) is 0 Å². The zero-order valence-corrected chi connectivity index (χ0v) is 18.1. The Morgan fingerprint density at radius 1 is 1.23 bits per heavy atom. The summed E-state index contributed by atoms with van der Waals surface area (Å²) in [6.45, 7) is 7.34. The number of nitrogens with zero attached hydrogens (tertiary/aromatic N) is 2. The highest BCUT2D eigenvalue weighted by molar-refractivity contribution is 7.14. The largest absolute Gasteiger partial charge is 0.490 e. The molecule has 1 aromatic carbocycles. The second-order valence-corrected chi connectivity index (χ2v) is 7.77. The van der Waals surface area contributed by atoms with E-state index in [1.807, 2.05) is 26.0 Å². The number of carbonyl (C=O) groups is 2. The van der Waals surface area contributed by atoms with Gasteiger partial charge < -0.3 is 9.47 Å². The first-order valence-corrected chi connectivity index (χ1v) is 10.2. The summed E-state index contributed by atoms with van der Waals surface area (Å²) in [5.74, 6) is -0.390. The quantitative estimate of drug-likeness (QED) is 0.350. The van der Waals surface area contributed by atoms with Gasteiger partial charge in [-0.1, -0.05) is 18.2 Å². The maximum absolute atomic E-state index is 12.8. The van der Waals surface area contributed by atoms with E-state index in [1.54, 1.807) is 32.0 Å². The molecule has 2 aromatic rings. The van der Waals surface area contributed by atoms with Crippen LogP contribution in [0.5, 0.6) is 5.75 Å². The van der Waals surface area contributed by atoms with Gasteiger partial charge in [-0.2, -0.15) is 10.5 Å². The number of esters is 1. The molecule has 0 fully saturated rings. The van der Waals surface area contributed by atoms with E-state index in [4.69, 9.17) is 9.47 Å². The van der Waals surface area contributed by atoms with Crippen molar-refractivity contribution in [2.75, 3.05) is 6.61 Å². The average molecular weight is 423 g/mol. The molecule has 154 valence electrons. The molecule has 0 aliphatic carbocycles. The van der Waals surface area contributed by atoms with Crippen molar-refractivity contribution < 1.29 is 19.1 Å². The molecule has 1 aromatic heterocycles. The normalized spacial score (nSPS) is 11.0. The highest BCUT2D eigenvalue weighted by Crippen LogP contribution is 2.30. The van der Waals surface area contributed by atoms with Crippen LogP contribution in [0, 0.1) is 29.6 Å². The van der Waals surface area contributed by atoms with E-state index < -0.39 is 11.8 Å². The number of benzene rings is 1. The van der Waals surface area contributed by atoms with Crippen LogP contribution in [0.3, 0.4) is 0 Å². The van der Waals surface area contributed by atoms with Gasteiger partial charge in [0.1, 0.15) is 22.8 Å². The van der Waals surface area contributed by atoms with Gasteiger partial charge in [0.25, 0.3) is 0 Å². The fourth-order valence-corrected chi connectivity index (χ4v) is 3.92. The van der Waals surface area contributed by atoms with E-state index in [0.29, 0.717) is 26.6 Å². The maximum Gasteiger partial charge on any atom is 0.348 e. The molecule has 0 aliphatic heterocycles. The molecular weight excluding hydrogens is 400 g/mol. The average Bonchev–Trinajstić information content (AvgIpc) is 3.02. The molecule has 0 amide bonds. The number of carbonyl (C=O) groups excluding carboxylic acids is 2. The SMILES string of the molecule is CCOC(=O)c1sc(CC(=O)/C(C#N)=C/c2ccccc2OC(C)C)c(C#N)c1C. The number of hydrogen-bond acceptors (Lipinski definition) is 7. The molecule has 30 heavy (non-hydrogen) atoms. The molecule has 0 unspecified atom stereocenters. The van der Waals surface area contributed by atoms with Gasteiger partial charge in [-0.05, 0) is 45.4 Å². The van der Waals surface area contributed by atoms with Crippen LogP contribution in [-0.4, -0.2) is 24.5 Å². The van der Waals surface area contributed by atoms with E-state index in [1.165, 1.54) is 6.08 Å². The standard InChI is InChI=1S/C23H22N2O4S/c1-5-28-23(27)22-15(4)18(13-25)21(30-22)11-19(26)17(12-24)10-16-8-6-7-9-20(16)29-14(2)3/h6-10,14H,5,11H2,1-4H3/b17-10+. The van der Waals surface area contributed by atoms with Gasteiger partial charge in [-0.3, -0.25) is 4.79 Å². The highest BCUT2D eigenvalue weighted by atomic mass is 32.1. The molecule has 0 bridgehead atoms. The molecule has 2 rings (SSSR count). The second-order valence-electron chi connectivity index (χ2n) is 6.66. The topological polar surface area (TPSA) is 100 Å². The number of ketones is 1. The van der Waals surface area contributed by atoms with Gasteiger partial charge in [0, 0.05) is 16.9 Å². The second kappa shape index (κ2) is 10.4. The van der Waals surface area contributed by atoms with Crippen LogP contribution < -0.4 is 4.74 Å². The Morgan fingerprint density at radius 2 is 1.93 bits per heavy atom. The minimum Gasteiger partial charge on any atom is -0.490 e. The van der Waals surface area contributed by atoms with Crippen LogP contribution in [0.1, 0.15) is 52.0 Å². The van der Waals surface area contributed by atoms with E-state index in [0.717, 1.165) is 11.3 Å². The summed E-state index contributed by atoms with van der Waals surface area (Å²) in [4.78, 5) is 25.7. The van der Waals surface area contributed by atoms with Crippen molar-refractivity contribution in [3.63, 3.8) is 0 Å². The number of ether oxygens (including phenoxy) is 2. The van der Waals surface area contributed by atoms with Crippen molar-refractivity contribution >= 4 is 29.2 Å². The van der Waals surface area contributed by atoms with Crippen LogP contribution in [0.4, 0.5) is 0 Å². The molecule has 1 heterocycles. The lowest BCUT2D eigenvalue weighted by Crippen LogP contribution is -2.08. The lowest BCUT2D eigenvalue weighted by Gasteiger charge is -2.12. The summed E-state index contributed by atoms with van der Waals surface area (Å²) in [7, 11) is 0. The fourth-order valence-electron chi connectivity index (χ4n) is 2.77.